The first-order valence-corrected chi connectivity index (χ1v) is 7.51. The molecule has 0 radical (unpaired) electrons. The van der Waals surface area contributed by atoms with E-state index in [1.807, 2.05) is 0 Å². The Morgan fingerprint density at radius 2 is 1.88 bits per heavy atom. The predicted molar refractivity (Wildman–Crippen MR) is 89.7 cm³/mol. The third kappa shape index (κ3) is 4.76. The summed E-state index contributed by atoms with van der Waals surface area (Å²) in [5.74, 6) is 0.729. The van der Waals surface area contributed by atoms with Crippen LogP contribution in [0.4, 0.5) is 10.1 Å². The fraction of sp³-hybridized carbons (Fsp3) is 0.235. The molecule has 24 heavy (non-hydrogen) atoms. The summed E-state index contributed by atoms with van der Waals surface area (Å²) in [7, 11) is 3.05. The molecule has 5 nitrogen and oxygen atoms in total. The average molecular weight is 354 g/mol. The summed E-state index contributed by atoms with van der Waals surface area (Å²) in [5.41, 5.74) is 0.502. The molecule has 0 aliphatic rings. The number of methoxy groups -OCH3 is 2. The highest BCUT2D eigenvalue weighted by Gasteiger charge is 2.10. The lowest BCUT2D eigenvalue weighted by Crippen LogP contribution is -2.16. The van der Waals surface area contributed by atoms with Crippen LogP contribution >= 0.6 is 11.6 Å². The number of hydrogen-bond acceptors (Lipinski definition) is 4. The molecule has 0 saturated carbocycles. The fourth-order valence-corrected chi connectivity index (χ4v) is 2.19. The van der Waals surface area contributed by atoms with Crippen LogP contribution in [-0.4, -0.2) is 26.7 Å². The summed E-state index contributed by atoms with van der Waals surface area (Å²) >= 11 is 5.85. The van der Waals surface area contributed by atoms with Crippen molar-refractivity contribution in [2.75, 3.05) is 26.1 Å². The Hall–Kier alpha value is -2.47. The van der Waals surface area contributed by atoms with Crippen molar-refractivity contribution in [3.05, 3.63) is 47.2 Å². The van der Waals surface area contributed by atoms with Crippen LogP contribution in [0.3, 0.4) is 0 Å². The number of carbonyl (C=O) groups excluding carboxylic acids is 1. The van der Waals surface area contributed by atoms with Crippen LogP contribution in [0.15, 0.2) is 36.4 Å². The first-order valence-electron chi connectivity index (χ1n) is 7.13. The van der Waals surface area contributed by atoms with Crippen LogP contribution in [0.1, 0.15) is 6.42 Å². The molecule has 0 spiro atoms. The zero-order valence-corrected chi connectivity index (χ0v) is 14.0. The Balaban J connectivity index is 1.91. The van der Waals surface area contributed by atoms with Crippen LogP contribution < -0.4 is 19.5 Å². The predicted octanol–water partition coefficient (Wildman–Crippen LogP) is 3.90. The zero-order chi connectivity index (χ0) is 17.5. The molecule has 2 rings (SSSR count). The number of hydrogen-bond donors (Lipinski definition) is 1. The number of benzene rings is 2. The summed E-state index contributed by atoms with van der Waals surface area (Å²) in [6, 6.07) is 8.90. The van der Waals surface area contributed by atoms with Gasteiger partial charge in [-0.15, -0.1) is 0 Å². The maximum absolute atomic E-state index is 12.9. The van der Waals surface area contributed by atoms with Gasteiger partial charge in [0.1, 0.15) is 23.1 Å². The smallest absolute Gasteiger partial charge is 0.227 e. The third-order valence-corrected chi connectivity index (χ3v) is 3.46. The van der Waals surface area contributed by atoms with Crippen LogP contribution in [-0.2, 0) is 4.79 Å². The zero-order valence-electron chi connectivity index (χ0n) is 13.3. The van der Waals surface area contributed by atoms with Crippen LogP contribution in [0.2, 0.25) is 5.02 Å². The molecule has 0 aromatic heterocycles. The molecule has 2 aromatic carbocycles. The van der Waals surface area contributed by atoms with Crippen molar-refractivity contribution in [2.45, 2.75) is 6.42 Å². The molecule has 0 aliphatic carbocycles. The highest BCUT2D eigenvalue weighted by atomic mass is 35.5. The Morgan fingerprint density at radius 1 is 1.12 bits per heavy atom. The van der Waals surface area contributed by atoms with E-state index in [0.29, 0.717) is 22.9 Å². The second-order valence-corrected chi connectivity index (χ2v) is 5.19. The lowest BCUT2D eigenvalue weighted by Gasteiger charge is -2.12. The van der Waals surface area contributed by atoms with Crippen molar-refractivity contribution in [3.8, 4) is 17.2 Å². The van der Waals surface area contributed by atoms with Crippen LogP contribution in [0, 0.1) is 5.82 Å². The van der Waals surface area contributed by atoms with Crippen molar-refractivity contribution in [2.24, 2.45) is 0 Å². The Bertz CT molecular complexity index is 724. The molecule has 0 fully saturated rings. The van der Waals surface area contributed by atoms with E-state index < -0.39 is 5.82 Å². The second kappa shape index (κ2) is 8.40. The quantitative estimate of drug-likeness (QED) is 0.820. The summed E-state index contributed by atoms with van der Waals surface area (Å²) in [6.07, 6.45) is 0.0913. The van der Waals surface area contributed by atoms with E-state index in [2.05, 4.69) is 5.32 Å². The van der Waals surface area contributed by atoms with E-state index >= 15 is 0 Å². The monoisotopic (exact) mass is 353 g/mol. The molecule has 0 unspecified atom stereocenters. The van der Waals surface area contributed by atoms with E-state index in [1.165, 1.54) is 26.4 Å². The Labute approximate surface area is 144 Å². The molecule has 0 saturated heterocycles. The molecule has 128 valence electrons. The average Bonchev–Trinajstić information content (AvgIpc) is 2.56. The van der Waals surface area contributed by atoms with Gasteiger partial charge in [-0.25, -0.2) is 4.39 Å². The molecule has 7 heteroatoms. The standard InChI is InChI=1S/C17H17ClFNO4/c1-22-12-4-6-16(23-2)14(10-12)20-17(21)7-8-24-15-5-3-11(19)9-13(15)18/h3-6,9-10H,7-8H2,1-2H3,(H,20,21). The van der Waals surface area contributed by atoms with Gasteiger partial charge in [0.2, 0.25) is 5.91 Å². The minimum Gasteiger partial charge on any atom is -0.497 e. The summed E-state index contributed by atoms with van der Waals surface area (Å²) in [4.78, 5) is 12.0. The lowest BCUT2D eigenvalue weighted by molar-refractivity contribution is -0.116. The van der Waals surface area contributed by atoms with Crippen molar-refractivity contribution in [1.82, 2.24) is 0 Å². The first kappa shape index (κ1) is 17.9. The van der Waals surface area contributed by atoms with E-state index in [0.717, 1.165) is 6.07 Å². The molecule has 0 atom stereocenters. The highest BCUT2D eigenvalue weighted by molar-refractivity contribution is 6.32. The van der Waals surface area contributed by atoms with Gasteiger partial charge in [0.05, 0.1) is 38.0 Å². The minimum absolute atomic E-state index is 0.0913. The van der Waals surface area contributed by atoms with Crippen LogP contribution in [0.25, 0.3) is 0 Å². The largest absolute Gasteiger partial charge is 0.497 e. The van der Waals surface area contributed by atoms with E-state index in [4.69, 9.17) is 25.8 Å². The number of carbonyl (C=O) groups is 1. The van der Waals surface area contributed by atoms with Crippen molar-refractivity contribution in [1.29, 1.82) is 0 Å². The van der Waals surface area contributed by atoms with Crippen molar-refractivity contribution < 1.29 is 23.4 Å². The Kier molecular flexibility index (Phi) is 6.26. The second-order valence-electron chi connectivity index (χ2n) is 4.79. The van der Waals surface area contributed by atoms with Crippen molar-refractivity contribution >= 4 is 23.2 Å². The first-order chi connectivity index (χ1) is 11.5. The summed E-state index contributed by atoms with van der Waals surface area (Å²) in [5, 5.41) is 2.89. The van der Waals surface area contributed by atoms with E-state index in [9.17, 15) is 9.18 Å². The van der Waals surface area contributed by atoms with Gasteiger partial charge in [-0.3, -0.25) is 4.79 Å². The number of amides is 1. The normalized spacial score (nSPS) is 10.2. The third-order valence-electron chi connectivity index (χ3n) is 3.16. The number of rotatable bonds is 7. The molecule has 0 bridgehead atoms. The van der Waals surface area contributed by atoms with E-state index in [-0.39, 0.29) is 24.0 Å². The van der Waals surface area contributed by atoms with Gasteiger partial charge in [0.15, 0.2) is 0 Å². The molecule has 2 aromatic rings. The minimum atomic E-state index is -0.449. The van der Waals surface area contributed by atoms with Gasteiger partial charge >= 0.3 is 0 Å². The SMILES string of the molecule is COc1ccc(OC)c(NC(=O)CCOc2ccc(F)cc2Cl)c1. The maximum atomic E-state index is 12.9. The van der Waals surface area contributed by atoms with Gasteiger partial charge in [-0.1, -0.05) is 11.6 Å². The fourth-order valence-electron chi connectivity index (χ4n) is 1.97. The summed E-state index contributed by atoms with van der Waals surface area (Å²) in [6.45, 7) is 0.101. The number of anilines is 1. The van der Waals surface area contributed by atoms with Gasteiger partial charge in [0.25, 0.3) is 0 Å². The van der Waals surface area contributed by atoms with Gasteiger partial charge in [0, 0.05) is 6.07 Å². The van der Waals surface area contributed by atoms with Gasteiger partial charge in [-0.05, 0) is 30.3 Å². The maximum Gasteiger partial charge on any atom is 0.227 e. The Morgan fingerprint density at radius 3 is 2.54 bits per heavy atom. The summed E-state index contributed by atoms with van der Waals surface area (Å²) < 4.78 is 28.6. The molecule has 1 N–H and O–H groups in total. The molecule has 1 amide bonds. The molecule has 0 aliphatic heterocycles. The lowest BCUT2D eigenvalue weighted by atomic mass is 10.2. The number of nitrogens with one attached hydrogen (secondary N) is 1. The highest BCUT2D eigenvalue weighted by Crippen LogP contribution is 2.29. The molecule has 0 heterocycles. The van der Waals surface area contributed by atoms with Crippen LogP contribution in [0.5, 0.6) is 17.2 Å². The van der Waals surface area contributed by atoms with Crippen molar-refractivity contribution in [3.63, 3.8) is 0 Å². The van der Waals surface area contributed by atoms with Gasteiger partial charge in [-0.2, -0.15) is 0 Å². The number of ether oxygens (including phenoxy) is 3. The number of halogens is 2. The molecular weight excluding hydrogens is 337 g/mol. The molecular formula is C17H17ClFNO4. The topological polar surface area (TPSA) is 56.8 Å². The van der Waals surface area contributed by atoms with Gasteiger partial charge < -0.3 is 19.5 Å². The van der Waals surface area contributed by atoms with E-state index in [1.54, 1.807) is 18.2 Å².